The molecule has 0 radical (unpaired) electrons. The molecule has 3 aliphatic rings. The third kappa shape index (κ3) is 2.37. The lowest BCUT2D eigenvalue weighted by Crippen LogP contribution is -2.21. The Morgan fingerprint density at radius 2 is 1.86 bits per heavy atom. The van der Waals surface area contributed by atoms with Gasteiger partial charge in [-0.25, -0.2) is 0 Å². The highest BCUT2D eigenvalue weighted by molar-refractivity contribution is 9.10. The molecule has 21 heavy (non-hydrogen) atoms. The number of Topliss-reactive ketones (excluding diaryl/α,β-unsaturated/α-hetero) is 1. The number of benzene rings is 1. The first-order valence-corrected chi connectivity index (χ1v) is 8.65. The van der Waals surface area contributed by atoms with E-state index in [2.05, 4.69) is 15.9 Å². The van der Waals surface area contributed by atoms with Crippen molar-refractivity contribution < 1.29 is 14.3 Å². The van der Waals surface area contributed by atoms with Crippen LogP contribution in [0.4, 0.5) is 0 Å². The highest BCUT2D eigenvalue weighted by atomic mass is 79.9. The molecule has 0 amide bonds. The number of hydrogen-bond donors (Lipinski definition) is 0. The first kappa shape index (κ1) is 13.6. The van der Waals surface area contributed by atoms with Gasteiger partial charge in [-0.2, -0.15) is 0 Å². The summed E-state index contributed by atoms with van der Waals surface area (Å²) >= 11 is 3.55. The van der Waals surface area contributed by atoms with Gasteiger partial charge in [-0.15, -0.1) is 0 Å². The van der Waals surface area contributed by atoms with Crippen molar-refractivity contribution in [1.29, 1.82) is 0 Å². The lowest BCUT2D eigenvalue weighted by Gasteiger charge is -2.21. The fourth-order valence-electron chi connectivity index (χ4n) is 4.14. The molecule has 0 aromatic heterocycles. The molecule has 3 atom stereocenters. The summed E-state index contributed by atoms with van der Waals surface area (Å²) in [6.07, 6.45) is 5.74. The summed E-state index contributed by atoms with van der Waals surface area (Å²) in [6, 6.07) is 3.76. The third-order valence-electron chi connectivity index (χ3n) is 5.18. The molecular formula is C17H19BrO3. The lowest BCUT2D eigenvalue weighted by atomic mass is 9.83. The molecular weight excluding hydrogens is 332 g/mol. The van der Waals surface area contributed by atoms with Crippen LogP contribution in [0, 0.1) is 17.8 Å². The maximum absolute atomic E-state index is 12.9. The van der Waals surface area contributed by atoms with E-state index in [0.717, 1.165) is 34.5 Å². The SMILES string of the molecule is O=C(c1cc2c(cc1Br)OCCCO2)C1CC2CCC1C2. The number of halogens is 1. The molecule has 2 fully saturated rings. The number of carbonyl (C=O) groups is 1. The number of carbonyl (C=O) groups excluding carboxylic acids is 1. The molecule has 1 heterocycles. The number of rotatable bonds is 2. The first-order chi connectivity index (χ1) is 10.2. The van der Waals surface area contributed by atoms with Crippen LogP contribution in [0.2, 0.25) is 0 Å². The van der Waals surface area contributed by atoms with Crippen LogP contribution in [0.5, 0.6) is 11.5 Å². The predicted octanol–water partition coefficient (Wildman–Crippen LogP) is 4.23. The standard InChI is InChI=1S/C17H19BrO3/c18-14-9-16-15(20-4-1-5-21-16)8-13(14)17(19)12-7-10-2-3-11(12)6-10/h8-12H,1-7H2. The first-order valence-electron chi connectivity index (χ1n) is 7.85. The van der Waals surface area contributed by atoms with Crippen molar-refractivity contribution in [2.45, 2.75) is 32.1 Å². The second-order valence-corrected chi connectivity index (χ2v) is 7.33. The fourth-order valence-corrected chi connectivity index (χ4v) is 4.66. The molecule has 3 nitrogen and oxygen atoms in total. The van der Waals surface area contributed by atoms with Crippen LogP contribution in [-0.2, 0) is 0 Å². The molecule has 1 aliphatic heterocycles. The van der Waals surface area contributed by atoms with E-state index in [-0.39, 0.29) is 11.7 Å². The number of hydrogen-bond acceptors (Lipinski definition) is 3. The van der Waals surface area contributed by atoms with Gasteiger partial charge in [0.25, 0.3) is 0 Å². The molecule has 3 unspecified atom stereocenters. The van der Waals surface area contributed by atoms with Crippen molar-refractivity contribution in [2.24, 2.45) is 17.8 Å². The Kier molecular flexibility index (Phi) is 3.44. The summed E-state index contributed by atoms with van der Waals surface area (Å²) < 4.78 is 12.2. The number of fused-ring (bicyclic) bond motifs is 3. The molecule has 4 heteroatoms. The van der Waals surface area contributed by atoms with Crippen molar-refractivity contribution in [2.75, 3.05) is 13.2 Å². The lowest BCUT2D eigenvalue weighted by molar-refractivity contribution is 0.0873. The van der Waals surface area contributed by atoms with Gasteiger partial charge in [0.05, 0.1) is 13.2 Å². The van der Waals surface area contributed by atoms with Gasteiger partial charge in [-0.3, -0.25) is 4.79 Å². The van der Waals surface area contributed by atoms with Crippen molar-refractivity contribution in [1.82, 2.24) is 0 Å². The van der Waals surface area contributed by atoms with Gasteiger partial charge in [0.1, 0.15) is 0 Å². The van der Waals surface area contributed by atoms with E-state index in [9.17, 15) is 4.79 Å². The summed E-state index contributed by atoms with van der Waals surface area (Å²) in [5.74, 6) is 3.33. The second-order valence-electron chi connectivity index (χ2n) is 6.47. The zero-order valence-corrected chi connectivity index (χ0v) is 13.5. The van der Waals surface area contributed by atoms with Gasteiger partial charge < -0.3 is 9.47 Å². The number of ketones is 1. The van der Waals surface area contributed by atoms with E-state index in [1.807, 2.05) is 12.1 Å². The average molecular weight is 351 g/mol. The molecule has 2 bridgehead atoms. The van der Waals surface area contributed by atoms with Gasteiger partial charge in [0, 0.05) is 22.4 Å². The molecule has 2 saturated carbocycles. The van der Waals surface area contributed by atoms with Crippen molar-refractivity contribution in [3.63, 3.8) is 0 Å². The van der Waals surface area contributed by atoms with Crippen molar-refractivity contribution in [3.05, 3.63) is 22.2 Å². The normalized spacial score (nSPS) is 30.2. The second kappa shape index (κ2) is 5.31. The number of ether oxygens (including phenoxy) is 2. The Hall–Kier alpha value is -1.03. The maximum atomic E-state index is 12.9. The van der Waals surface area contributed by atoms with E-state index in [0.29, 0.717) is 24.9 Å². The van der Waals surface area contributed by atoms with Crippen molar-refractivity contribution in [3.8, 4) is 11.5 Å². The summed E-state index contributed by atoms with van der Waals surface area (Å²) in [5, 5.41) is 0. The van der Waals surface area contributed by atoms with E-state index in [1.165, 1.54) is 19.3 Å². The van der Waals surface area contributed by atoms with Crippen LogP contribution in [0.25, 0.3) is 0 Å². The molecule has 112 valence electrons. The minimum absolute atomic E-state index is 0.213. The zero-order chi connectivity index (χ0) is 14.4. The predicted molar refractivity (Wildman–Crippen MR) is 83.0 cm³/mol. The van der Waals surface area contributed by atoms with Crippen LogP contribution >= 0.6 is 15.9 Å². The van der Waals surface area contributed by atoms with E-state index < -0.39 is 0 Å². The van der Waals surface area contributed by atoms with Gasteiger partial charge in [-0.05, 0) is 59.2 Å². The van der Waals surface area contributed by atoms with E-state index in [1.54, 1.807) is 0 Å². The Morgan fingerprint density at radius 3 is 2.52 bits per heavy atom. The largest absolute Gasteiger partial charge is 0.490 e. The summed E-state index contributed by atoms with van der Waals surface area (Å²) in [4.78, 5) is 12.9. The van der Waals surface area contributed by atoms with Crippen LogP contribution < -0.4 is 9.47 Å². The molecule has 2 aliphatic carbocycles. The zero-order valence-electron chi connectivity index (χ0n) is 11.9. The summed E-state index contributed by atoms with van der Waals surface area (Å²) in [5.41, 5.74) is 0.761. The monoisotopic (exact) mass is 350 g/mol. The highest BCUT2D eigenvalue weighted by Gasteiger charge is 2.43. The summed E-state index contributed by atoms with van der Waals surface area (Å²) in [6.45, 7) is 1.31. The van der Waals surface area contributed by atoms with E-state index in [4.69, 9.17) is 9.47 Å². The Balaban J connectivity index is 1.65. The van der Waals surface area contributed by atoms with Gasteiger partial charge in [0.15, 0.2) is 17.3 Å². The molecule has 0 saturated heterocycles. The maximum Gasteiger partial charge on any atom is 0.167 e. The smallest absolute Gasteiger partial charge is 0.167 e. The minimum atomic E-state index is 0.213. The fraction of sp³-hybridized carbons (Fsp3) is 0.588. The minimum Gasteiger partial charge on any atom is -0.490 e. The molecule has 1 aromatic rings. The van der Waals surface area contributed by atoms with E-state index >= 15 is 0 Å². The quantitative estimate of drug-likeness (QED) is 0.748. The van der Waals surface area contributed by atoms with Gasteiger partial charge in [0.2, 0.25) is 0 Å². The molecule has 1 aromatic carbocycles. The van der Waals surface area contributed by atoms with Crippen LogP contribution in [0.1, 0.15) is 42.5 Å². The Morgan fingerprint density at radius 1 is 1.10 bits per heavy atom. The third-order valence-corrected chi connectivity index (χ3v) is 5.83. The van der Waals surface area contributed by atoms with Gasteiger partial charge >= 0.3 is 0 Å². The molecule has 0 N–H and O–H groups in total. The topological polar surface area (TPSA) is 35.5 Å². The highest BCUT2D eigenvalue weighted by Crippen LogP contribution is 2.50. The average Bonchev–Trinajstić information content (AvgIpc) is 3.04. The van der Waals surface area contributed by atoms with Crippen LogP contribution in [0.15, 0.2) is 16.6 Å². The van der Waals surface area contributed by atoms with Crippen molar-refractivity contribution >= 4 is 21.7 Å². The Bertz CT molecular complexity index is 584. The molecule has 0 spiro atoms. The summed E-state index contributed by atoms with van der Waals surface area (Å²) in [7, 11) is 0. The van der Waals surface area contributed by atoms with Gasteiger partial charge in [-0.1, -0.05) is 6.42 Å². The van der Waals surface area contributed by atoms with Crippen LogP contribution in [-0.4, -0.2) is 19.0 Å². The Labute approximate surface area is 133 Å². The molecule has 4 rings (SSSR count). The van der Waals surface area contributed by atoms with Crippen LogP contribution in [0.3, 0.4) is 0 Å².